The van der Waals surface area contributed by atoms with Gasteiger partial charge in [0.2, 0.25) is 11.8 Å². The van der Waals surface area contributed by atoms with E-state index in [2.05, 4.69) is 15.5 Å². The fourth-order valence-corrected chi connectivity index (χ4v) is 3.69. The molecular weight excluding hydrogens is 350 g/mol. The quantitative estimate of drug-likeness (QED) is 0.726. The van der Waals surface area contributed by atoms with E-state index >= 15 is 0 Å². The molecule has 1 unspecified atom stereocenters. The average Bonchev–Trinajstić information content (AvgIpc) is 3.09. The molecule has 4 rings (SSSR count). The SMILES string of the molecule is COc1ccc2c(c1)C(C(=O)N1CCc3[nH]nc(C(N)=O)c3C1)CC(=O)N2. The molecule has 2 aliphatic heterocycles. The van der Waals surface area contributed by atoms with E-state index in [0.717, 1.165) is 11.3 Å². The number of hydrogen-bond donors (Lipinski definition) is 3. The Labute approximate surface area is 154 Å². The number of nitrogens with zero attached hydrogens (tertiary/aromatic N) is 2. The predicted octanol–water partition coefficient (Wildman–Crippen LogP) is 0.528. The monoisotopic (exact) mass is 369 g/mol. The van der Waals surface area contributed by atoms with E-state index in [1.807, 2.05) is 0 Å². The Morgan fingerprint density at radius 2 is 2.19 bits per heavy atom. The molecule has 140 valence electrons. The van der Waals surface area contributed by atoms with Gasteiger partial charge in [-0.2, -0.15) is 5.10 Å². The van der Waals surface area contributed by atoms with Crippen molar-refractivity contribution >= 4 is 23.4 Å². The van der Waals surface area contributed by atoms with Crippen molar-refractivity contribution in [2.24, 2.45) is 5.73 Å². The predicted molar refractivity (Wildman–Crippen MR) is 95.2 cm³/mol. The third kappa shape index (κ3) is 2.90. The Balaban J connectivity index is 1.65. The van der Waals surface area contributed by atoms with Gasteiger partial charge in [0.1, 0.15) is 5.75 Å². The number of aromatic amines is 1. The first-order chi connectivity index (χ1) is 13.0. The molecule has 9 heteroatoms. The van der Waals surface area contributed by atoms with Gasteiger partial charge in [-0.25, -0.2) is 0 Å². The molecule has 27 heavy (non-hydrogen) atoms. The molecule has 1 aromatic carbocycles. The number of aromatic nitrogens is 2. The van der Waals surface area contributed by atoms with Crippen LogP contribution in [0.1, 0.15) is 39.6 Å². The highest BCUT2D eigenvalue weighted by Gasteiger charge is 2.36. The Morgan fingerprint density at radius 3 is 2.93 bits per heavy atom. The number of methoxy groups -OCH3 is 1. The second kappa shape index (κ2) is 6.42. The van der Waals surface area contributed by atoms with Crippen LogP contribution in [-0.4, -0.2) is 46.5 Å². The highest BCUT2D eigenvalue weighted by atomic mass is 16.5. The van der Waals surface area contributed by atoms with E-state index in [-0.39, 0.29) is 30.5 Å². The first kappa shape index (κ1) is 17.1. The number of nitrogens with two attached hydrogens (primary N) is 1. The minimum absolute atomic E-state index is 0.0659. The number of nitrogens with one attached hydrogen (secondary N) is 2. The van der Waals surface area contributed by atoms with Crippen LogP contribution >= 0.6 is 0 Å². The van der Waals surface area contributed by atoms with Gasteiger partial charge < -0.3 is 20.7 Å². The zero-order valence-corrected chi connectivity index (χ0v) is 14.7. The molecule has 0 saturated carbocycles. The van der Waals surface area contributed by atoms with E-state index in [4.69, 9.17) is 10.5 Å². The number of primary amides is 1. The first-order valence-corrected chi connectivity index (χ1v) is 8.60. The number of fused-ring (bicyclic) bond motifs is 2. The van der Waals surface area contributed by atoms with Crippen LogP contribution in [0.4, 0.5) is 5.69 Å². The molecular formula is C18H19N5O4. The smallest absolute Gasteiger partial charge is 0.269 e. The highest BCUT2D eigenvalue weighted by Crippen LogP contribution is 2.37. The van der Waals surface area contributed by atoms with Gasteiger partial charge in [0.25, 0.3) is 5.91 Å². The van der Waals surface area contributed by atoms with Crippen LogP contribution in [0.2, 0.25) is 0 Å². The third-order valence-electron chi connectivity index (χ3n) is 5.07. The summed E-state index contributed by atoms with van der Waals surface area (Å²) >= 11 is 0. The van der Waals surface area contributed by atoms with E-state index in [0.29, 0.717) is 30.0 Å². The highest BCUT2D eigenvalue weighted by molar-refractivity contribution is 6.01. The van der Waals surface area contributed by atoms with Crippen molar-refractivity contribution in [2.45, 2.75) is 25.3 Å². The van der Waals surface area contributed by atoms with Gasteiger partial charge >= 0.3 is 0 Å². The number of amides is 3. The number of ether oxygens (including phenoxy) is 1. The van der Waals surface area contributed by atoms with Crippen LogP contribution in [0.15, 0.2) is 18.2 Å². The lowest BCUT2D eigenvalue weighted by molar-refractivity contribution is -0.135. The topological polar surface area (TPSA) is 130 Å². The van der Waals surface area contributed by atoms with Gasteiger partial charge in [0.05, 0.1) is 13.0 Å². The van der Waals surface area contributed by atoms with Crippen LogP contribution in [0, 0.1) is 0 Å². The molecule has 2 aliphatic rings. The summed E-state index contributed by atoms with van der Waals surface area (Å²) < 4.78 is 5.26. The van der Waals surface area contributed by atoms with Gasteiger partial charge in [0, 0.05) is 42.9 Å². The molecule has 0 spiro atoms. The zero-order chi connectivity index (χ0) is 19.1. The van der Waals surface area contributed by atoms with Gasteiger partial charge in [-0.05, 0) is 23.8 Å². The second-order valence-corrected chi connectivity index (χ2v) is 6.66. The van der Waals surface area contributed by atoms with Gasteiger partial charge in [-0.15, -0.1) is 0 Å². The summed E-state index contributed by atoms with van der Waals surface area (Å²) in [5.74, 6) is -0.982. The van der Waals surface area contributed by atoms with E-state index in [1.165, 1.54) is 0 Å². The van der Waals surface area contributed by atoms with Gasteiger partial charge in [-0.3, -0.25) is 19.5 Å². The minimum atomic E-state index is -0.631. The number of rotatable bonds is 3. The summed E-state index contributed by atoms with van der Waals surface area (Å²) in [5.41, 5.74) is 8.33. The first-order valence-electron chi connectivity index (χ1n) is 8.60. The van der Waals surface area contributed by atoms with Crippen molar-refractivity contribution in [3.8, 4) is 5.75 Å². The average molecular weight is 369 g/mol. The molecule has 0 saturated heterocycles. The number of H-pyrrole nitrogens is 1. The molecule has 1 atom stereocenters. The largest absolute Gasteiger partial charge is 0.497 e. The molecule has 2 aromatic rings. The van der Waals surface area contributed by atoms with Crippen molar-refractivity contribution in [1.82, 2.24) is 15.1 Å². The summed E-state index contributed by atoms with van der Waals surface area (Å²) in [5, 5.41) is 9.56. The lowest BCUT2D eigenvalue weighted by atomic mass is 9.88. The molecule has 3 heterocycles. The van der Waals surface area contributed by atoms with Crippen LogP contribution < -0.4 is 15.8 Å². The summed E-state index contributed by atoms with van der Waals surface area (Å²) in [4.78, 5) is 38.5. The molecule has 0 aliphatic carbocycles. The van der Waals surface area contributed by atoms with E-state index < -0.39 is 11.8 Å². The Hall–Kier alpha value is -3.36. The van der Waals surface area contributed by atoms with Crippen LogP contribution in [-0.2, 0) is 22.6 Å². The molecule has 0 radical (unpaired) electrons. The Kier molecular flexibility index (Phi) is 4.06. The number of hydrogen-bond acceptors (Lipinski definition) is 5. The van der Waals surface area contributed by atoms with E-state index in [1.54, 1.807) is 30.2 Å². The number of carbonyl (C=O) groups is 3. The number of carbonyl (C=O) groups excluding carboxylic acids is 3. The summed E-state index contributed by atoms with van der Waals surface area (Å²) in [6, 6.07) is 5.25. The van der Waals surface area contributed by atoms with Crippen LogP contribution in [0.25, 0.3) is 0 Å². The van der Waals surface area contributed by atoms with Crippen molar-refractivity contribution < 1.29 is 19.1 Å². The normalized spacial score (nSPS) is 18.3. The minimum Gasteiger partial charge on any atom is -0.497 e. The fraction of sp³-hybridized carbons (Fsp3) is 0.333. The lowest BCUT2D eigenvalue weighted by Crippen LogP contribution is -2.41. The third-order valence-corrected chi connectivity index (χ3v) is 5.07. The van der Waals surface area contributed by atoms with Crippen molar-refractivity contribution in [3.05, 3.63) is 40.7 Å². The molecule has 0 fully saturated rings. The Morgan fingerprint density at radius 1 is 1.37 bits per heavy atom. The van der Waals surface area contributed by atoms with Crippen molar-refractivity contribution in [2.75, 3.05) is 19.0 Å². The number of anilines is 1. The zero-order valence-electron chi connectivity index (χ0n) is 14.7. The molecule has 3 amide bonds. The maximum atomic E-state index is 13.2. The van der Waals surface area contributed by atoms with Crippen molar-refractivity contribution in [3.63, 3.8) is 0 Å². The molecule has 1 aromatic heterocycles. The maximum absolute atomic E-state index is 13.2. The standard InChI is InChI=1S/C18H19N5O4/c1-27-9-2-3-13-10(6-9)11(7-15(24)20-13)18(26)23-5-4-14-12(8-23)16(17(19)25)22-21-14/h2-3,6,11H,4-5,7-8H2,1H3,(H2,19,25)(H,20,24)(H,21,22). The summed E-state index contributed by atoms with van der Waals surface area (Å²) in [7, 11) is 1.55. The summed E-state index contributed by atoms with van der Waals surface area (Å²) in [6.45, 7) is 0.712. The van der Waals surface area contributed by atoms with Crippen molar-refractivity contribution in [1.29, 1.82) is 0 Å². The second-order valence-electron chi connectivity index (χ2n) is 6.66. The van der Waals surface area contributed by atoms with Crippen LogP contribution in [0.3, 0.4) is 0 Å². The maximum Gasteiger partial charge on any atom is 0.269 e. The number of benzene rings is 1. The molecule has 0 bridgehead atoms. The Bertz CT molecular complexity index is 951. The van der Waals surface area contributed by atoms with Gasteiger partial charge in [0.15, 0.2) is 5.69 Å². The van der Waals surface area contributed by atoms with E-state index in [9.17, 15) is 14.4 Å². The fourth-order valence-electron chi connectivity index (χ4n) is 3.69. The molecule has 4 N–H and O–H groups in total. The summed E-state index contributed by atoms with van der Waals surface area (Å²) in [6.07, 6.45) is 0.613. The van der Waals surface area contributed by atoms with Gasteiger partial charge in [-0.1, -0.05) is 0 Å². The lowest BCUT2D eigenvalue weighted by Gasteiger charge is -2.33. The molecule has 9 nitrogen and oxygen atoms in total. The van der Waals surface area contributed by atoms with Crippen LogP contribution in [0.5, 0.6) is 5.75 Å².